The summed E-state index contributed by atoms with van der Waals surface area (Å²) in [5.74, 6) is 2.21. The Bertz CT molecular complexity index is 446. The number of guanidine groups is 1. The summed E-state index contributed by atoms with van der Waals surface area (Å²) in [6.07, 6.45) is 3.85. The van der Waals surface area contributed by atoms with Gasteiger partial charge in [-0.2, -0.15) is 0 Å². The Morgan fingerprint density at radius 3 is 2.82 bits per heavy atom. The van der Waals surface area contributed by atoms with Crippen molar-refractivity contribution in [3.63, 3.8) is 0 Å². The molecule has 0 saturated carbocycles. The van der Waals surface area contributed by atoms with Gasteiger partial charge in [0, 0.05) is 24.8 Å². The zero-order valence-corrected chi connectivity index (χ0v) is 14.4. The average Bonchev–Trinajstić information content (AvgIpc) is 2.51. The quantitative estimate of drug-likeness (QED) is 0.544. The van der Waals surface area contributed by atoms with E-state index in [1.165, 1.54) is 0 Å². The molecular weight excluding hydrogens is 276 g/mol. The fraction of sp³-hybridized carbons (Fsp3) is 0.647. The Hall–Kier alpha value is -1.78. The molecule has 1 aromatic rings. The second kappa shape index (κ2) is 10.9. The number of aliphatic imine (C=N–C) groups is 1. The average molecular weight is 306 g/mol. The second-order valence-corrected chi connectivity index (χ2v) is 5.62. The van der Waals surface area contributed by atoms with Crippen LogP contribution in [0.2, 0.25) is 0 Å². The van der Waals surface area contributed by atoms with Crippen molar-refractivity contribution in [1.82, 2.24) is 15.6 Å². The van der Waals surface area contributed by atoms with Crippen LogP contribution >= 0.6 is 0 Å². The van der Waals surface area contributed by atoms with E-state index in [4.69, 9.17) is 4.74 Å². The van der Waals surface area contributed by atoms with Crippen LogP contribution in [0.3, 0.4) is 0 Å². The molecule has 5 heteroatoms. The number of pyridine rings is 1. The van der Waals surface area contributed by atoms with E-state index in [0.29, 0.717) is 24.9 Å². The first kappa shape index (κ1) is 18.3. The molecule has 0 unspecified atom stereocenters. The van der Waals surface area contributed by atoms with Crippen molar-refractivity contribution >= 4 is 5.96 Å². The summed E-state index contributed by atoms with van der Waals surface area (Å²) < 4.78 is 5.67. The molecular formula is C17H30N4O. The fourth-order valence-electron chi connectivity index (χ4n) is 1.86. The van der Waals surface area contributed by atoms with E-state index >= 15 is 0 Å². The van der Waals surface area contributed by atoms with Crippen LogP contribution in [0, 0.1) is 5.92 Å². The maximum Gasteiger partial charge on any atom is 0.218 e. The van der Waals surface area contributed by atoms with E-state index in [1.54, 1.807) is 6.20 Å². The van der Waals surface area contributed by atoms with Gasteiger partial charge in [0.2, 0.25) is 5.88 Å². The number of nitrogens with one attached hydrogen (secondary N) is 2. The first-order valence-corrected chi connectivity index (χ1v) is 8.26. The third-order valence-corrected chi connectivity index (χ3v) is 3.06. The lowest BCUT2D eigenvalue weighted by atomic mass is 10.1. The van der Waals surface area contributed by atoms with E-state index < -0.39 is 0 Å². The first-order valence-electron chi connectivity index (χ1n) is 8.26. The van der Waals surface area contributed by atoms with E-state index in [9.17, 15) is 0 Å². The van der Waals surface area contributed by atoms with Gasteiger partial charge in [-0.05, 0) is 31.7 Å². The van der Waals surface area contributed by atoms with Crippen molar-refractivity contribution in [2.75, 3.05) is 19.7 Å². The van der Waals surface area contributed by atoms with Crippen LogP contribution in [0.4, 0.5) is 0 Å². The maximum atomic E-state index is 5.67. The van der Waals surface area contributed by atoms with Gasteiger partial charge in [-0.3, -0.25) is 0 Å². The zero-order chi connectivity index (χ0) is 16.2. The number of hydrogen-bond donors (Lipinski definition) is 2. The molecule has 5 nitrogen and oxygen atoms in total. The second-order valence-electron chi connectivity index (χ2n) is 5.62. The molecule has 124 valence electrons. The predicted molar refractivity (Wildman–Crippen MR) is 92.3 cm³/mol. The molecule has 1 rings (SSSR count). The number of hydrogen-bond acceptors (Lipinski definition) is 3. The lowest BCUT2D eigenvalue weighted by Gasteiger charge is -2.13. The predicted octanol–water partition coefficient (Wildman–Crippen LogP) is 2.97. The van der Waals surface area contributed by atoms with Crippen molar-refractivity contribution in [2.45, 2.75) is 47.1 Å². The van der Waals surface area contributed by atoms with Gasteiger partial charge in [0.25, 0.3) is 0 Å². The molecule has 1 heterocycles. The largest absolute Gasteiger partial charge is 0.477 e. The van der Waals surface area contributed by atoms with Crippen molar-refractivity contribution in [3.05, 3.63) is 23.9 Å². The highest BCUT2D eigenvalue weighted by molar-refractivity contribution is 5.79. The normalized spacial score (nSPS) is 11.6. The molecule has 0 aliphatic carbocycles. The summed E-state index contributed by atoms with van der Waals surface area (Å²) >= 11 is 0. The highest BCUT2D eigenvalue weighted by Gasteiger charge is 2.05. The standard InChI is InChI=1S/C17H30N4O/c1-5-12-22-16-15(8-7-10-19-16)13-21-17(18-6-2)20-11-9-14(3)4/h7-8,10,14H,5-6,9,11-13H2,1-4H3,(H2,18,20,21). The molecule has 0 atom stereocenters. The maximum absolute atomic E-state index is 5.67. The Labute approximate surface area is 134 Å². The third kappa shape index (κ3) is 7.29. The van der Waals surface area contributed by atoms with E-state index in [-0.39, 0.29) is 0 Å². The van der Waals surface area contributed by atoms with Crippen LogP contribution in [-0.2, 0) is 6.54 Å². The molecule has 0 aliphatic heterocycles. The Balaban J connectivity index is 2.64. The summed E-state index contributed by atoms with van der Waals surface area (Å²) in [7, 11) is 0. The molecule has 0 spiro atoms. The summed E-state index contributed by atoms with van der Waals surface area (Å²) in [4.78, 5) is 8.92. The number of ether oxygens (including phenoxy) is 1. The molecule has 0 aliphatic rings. The smallest absolute Gasteiger partial charge is 0.218 e. The summed E-state index contributed by atoms with van der Waals surface area (Å²) in [5.41, 5.74) is 1.01. The molecule has 0 bridgehead atoms. The highest BCUT2D eigenvalue weighted by atomic mass is 16.5. The van der Waals surface area contributed by atoms with Crippen LogP contribution < -0.4 is 15.4 Å². The number of nitrogens with zero attached hydrogens (tertiary/aromatic N) is 2. The molecule has 22 heavy (non-hydrogen) atoms. The number of aromatic nitrogens is 1. The summed E-state index contributed by atoms with van der Waals surface area (Å²) in [6, 6.07) is 3.93. The summed E-state index contributed by atoms with van der Waals surface area (Å²) in [5, 5.41) is 6.63. The monoisotopic (exact) mass is 306 g/mol. The van der Waals surface area contributed by atoms with Crippen LogP contribution in [0.5, 0.6) is 5.88 Å². The van der Waals surface area contributed by atoms with Gasteiger partial charge >= 0.3 is 0 Å². The third-order valence-electron chi connectivity index (χ3n) is 3.06. The SMILES string of the molecule is CCCOc1ncccc1CN=C(NCC)NCCC(C)C. The summed E-state index contributed by atoms with van der Waals surface area (Å²) in [6.45, 7) is 11.6. The minimum absolute atomic E-state index is 0.559. The Morgan fingerprint density at radius 2 is 2.14 bits per heavy atom. The van der Waals surface area contributed by atoms with E-state index in [1.807, 2.05) is 12.1 Å². The molecule has 0 radical (unpaired) electrons. The lowest BCUT2D eigenvalue weighted by Crippen LogP contribution is -2.38. The van der Waals surface area contributed by atoms with Crippen molar-refractivity contribution in [3.8, 4) is 5.88 Å². The molecule has 0 fully saturated rings. The van der Waals surface area contributed by atoms with Crippen molar-refractivity contribution in [2.24, 2.45) is 10.9 Å². The zero-order valence-electron chi connectivity index (χ0n) is 14.4. The van der Waals surface area contributed by atoms with Gasteiger partial charge in [-0.1, -0.05) is 26.8 Å². The van der Waals surface area contributed by atoms with Crippen molar-refractivity contribution < 1.29 is 4.74 Å². The lowest BCUT2D eigenvalue weighted by molar-refractivity contribution is 0.302. The van der Waals surface area contributed by atoms with Crippen LogP contribution in [0.15, 0.2) is 23.3 Å². The van der Waals surface area contributed by atoms with Gasteiger partial charge in [0.15, 0.2) is 5.96 Å². The van der Waals surface area contributed by atoms with Gasteiger partial charge in [-0.25, -0.2) is 9.98 Å². The first-order chi connectivity index (χ1) is 10.7. The van der Waals surface area contributed by atoms with Crippen LogP contribution in [-0.4, -0.2) is 30.6 Å². The van der Waals surface area contributed by atoms with Gasteiger partial charge in [0.05, 0.1) is 13.2 Å². The van der Waals surface area contributed by atoms with Gasteiger partial charge in [0.1, 0.15) is 0 Å². The van der Waals surface area contributed by atoms with Crippen molar-refractivity contribution in [1.29, 1.82) is 0 Å². The Kier molecular flexibility index (Phi) is 9.03. The highest BCUT2D eigenvalue weighted by Crippen LogP contribution is 2.15. The van der Waals surface area contributed by atoms with Gasteiger partial charge in [-0.15, -0.1) is 0 Å². The Morgan fingerprint density at radius 1 is 1.32 bits per heavy atom. The number of rotatable bonds is 9. The molecule has 0 saturated heterocycles. The topological polar surface area (TPSA) is 58.5 Å². The minimum atomic E-state index is 0.559. The molecule has 2 N–H and O–H groups in total. The minimum Gasteiger partial charge on any atom is -0.477 e. The molecule has 0 aromatic carbocycles. The van der Waals surface area contributed by atoms with Gasteiger partial charge < -0.3 is 15.4 Å². The molecule has 0 amide bonds. The van der Waals surface area contributed by atoms with Crippen LogP contribution in [0.25, 0.3) is 0 Å². The van der Waals surface area contributed by atoms with E-state index in [0.717, 1.165) is 37.5 Å². The fourth-order valence-corrected chi connectivity index (χ4v) is 1.86. The van der Waals surface area contributed by atoms with Crippen LogP contribution in [0.1, 0.15) is 46.1 Å². The van der Waals surface area contributed by atoms with E-state index in [2.05, 4.69) is 48.3 Å². The molecule has 1 aromatic heterocycles.